The first kappa shape index (κ1) is 26.4. The van der Waals surface area contributed by atoms with Crippen LogP contribution in [0.1, 0.15) is 69.0 Å². The first-order valence-corrected chi connectivity index (χ1v) is 14.8. The highest BCUT2D eigenvalue weighted by Gasteiger charge is 2.39. The molecule has 1 aliphatic heterocycles. The number of amides is 2. The highest BCUT2D eigenvalue weighted by molar-refractivity contribution is 7.87. The van der Waals surface area contributed by atoms with Gasteiger partial charge in [0.15, 0.2) is 0 Å². The van der Waals surface area contributed by atoms with Crippen LogP contribution in [0.15, 0.2) is 83.4 Å². The maximum Gasteiger partial charge on any atom is 0.239 e. The Labute approximate surface area is 228 Å². The van der Waals surface area contributed by atoms with Gasteiger partial charge in [0.1, 0.15) is 17.5 Å². The van der Waals surface area contributed by atoms with Crippen LogP contribution in [0.2, 0.25) is 0 Å². The summed E-state index contributed by atoms with van der Waals surface area (Å²) in [5.41, 5.74) is 3.31. The SMILES string of the molecule is CC1CC(S(=O)NC2=CCC(C(=O)N3CC(=O)NC(C)C3c3ccccc3)CC2)=CCC1c1ccccc1. The Hall–Kier alpha value is -3.19. The number of piperazine rings is 1. The third kappa shape index (κ3) is 5.78. The summed E-state index contributed by atoms with van der Waals surface area (Å²) in [5.74, 6) is 0.599. The summed E-state index contributed by atoms with van der Waals surface area (Å²) in [6, 6.07) is 20.1. The van der Waals surface area contributed by atoms with E-state index < -0.39 is 11.0 Å². The summed E-state index contributed by atoms with van der Waals surface area (Å²) in [4.78, 5) is 28.7. The van der Waals surface area contributed by atoms with E-state index in [-0.39, 0.29) is 36.4 Å². The molecule has 3 aliphatic rings. The molecule has 1 heterocycles. The standard InChI is InChI=1S/C31H37N3O3S/c1-21-19-27(17-18-28(21)23-9-5-3-6-10-23)38(37)33-26-15-13-25(14-16-26)31(36)34-20-29(35)32-22(2)30(34)24-11-7-4-8-12-24/h3-12,15,17,21-22,25,28,30,33H,13-14,16,18-20H2,1-2H3,(H,32,35). The van der Waals surface area contributed by atoms with Crippen molar-refractivity contribution in [1.82, 2.24) is 14.9 Å². The number of carbonyl (C=O) groups excluding carboxylic acids is 2. The van der Waals surface area contributed by atoms with E-state index in [1.165, 1.54) is 5.56 Å². The van der Waals surface area contributed by atoms with E-state index in [1.54, 1.807) is 4.90 Å². The van der Waals surface area contributed by atoms with Gasteiger partial charge in [-0.05, 0) is 62.0 Å². The van der Waals surface area contributed by atoms with E-state index in [0.717, 1.165) is 29.0 Å². The predicted octanol–water partition coefficient (Wildman–Crippen LogP) is 5.11. The molecule has 1 fully saturated rings. The Balaban J connectivity index is 1.21. The quantitative estimate of drug-likeness (QED) is 0.544. The second kappa shape index (κ2) is 11.7. The molecule has 5 rings (SSSR count). The van der Waals surface area contributed by atoms with Gasteiger partial charge in [0.25, 0.3) is 0 Å². The van der Waals surface area contributed by atoms with Gasteiger partial charge < -0.3 is 14.9 Å². The van der Waals surface area contributed by atoms with Crippen molar-refractivity contribution in [1.29, 1.82) is 0 Å². The molecule has 0 radical (unpaired) electrons. The second-order valence-electron chi connectivity index (χ2n) is 10.9. The summed E-state index contributed by atoms with van der Waals surface area (Å²) in [7, 11) is -1.27. The minimum Gasteiger partial charge on any atom is -0.350 e. The summed E-state index contributed by atoms with van der Waals surface area (Å²) in [5, 5.41) is 3.00. The van der Waals surface area contributed by atoms with Crippen molar-refractivity contribution in [3.05, 3.63) is 94.5 Å². The van der Waals surface area contributed by atoms with Crippen LogP contribution in [0.4, 0.5) is 0 Å². The highest BCUT2D eigenvalue weighted by Crippen LogP contribution is 2.38. The zero-order valence-electron chi connectivity index (χ0n) is 22.1. The Morgan fingerprint density at radius 3 is 2.29 bits per heavy atom. The van der Waals surface area contributed by atoms with Crippen molar-refractivity contribution < 1.29 is 13.8 Å². The molecule has 1 saturated heterocycles. The Morgan fingerprint density at radius 1 is 0.974 bits per heavy atom. The lowest BCUT2D eigenvalue weighted by Gasteiger charge is -2.42. The fourth-order valence-corrected chi connectivity index (χ4v) is 7.37. The van der Waals surface area contributed by atoms with Gasteiger partial charge in [-0.25, -0.2) is 4.21 Å². The van der Waals surface area contributed by atoms with E-state index in [1.807, 2.05) is 49.4 Å². The molecule has 0 spiro atoms. The predicted molar refractivity (Wildman–Crippen MR) is 151 cm³/mol. The lowest BCUT2D eigenvalue weighted by Crippen LogP contribution is -2.57. The first-order valence-electron chi connectivity index (χ1n) is 13.7. The van der Waals surface area contributed by atoms with E-state index in [9.17, 15) is 13.8 Å². The first-order chi connectivity index (χ1) is 18.4. The Kier molecular flexibility index (Phi) is 8.12. The van der Waals surface area contributed by atoms with Crippen molar-refractivity contribution in [3.63, 3.8) is 0 Å². The average Bonchev–Trinajstić information content (AvgIpc) is 2.93. The van der Waals surface area contributed by atoms with Gasteiger partial charge in [-0.3, -0.25) is 9.59 Å². The average molecular weight is 532 g/mol. The zero-order chi connectivity index (χ0) is 26.6. The smallest absolute Gasteiger partial charge is 0.239 e. The number of carbonyl (C=O) groups is 2. The second-order valence-corrected chi connectivity index (χ2v) is 12.1. The largest absolute Gasteiger partial charge is 0.350 e. The molecule has 0 saturated carbocycles. The van der Waals surface area contributed by atoms with Crippen molar-refractivity contribution in [3.8, 4) is 0 Å². The van der Waals surface area contributed by atoms with E-state index in [4.69, 9.17) is 0 Å². The molecule has 2 N–H and O–H groups in total. The van der Waals surface area contributed by atoms with Gasteiger partial charge in [-0.15, -0.1) is 0 Å². The molecule has 2 aromatic rings. The summed E-state index contributed by atoms with van der Waals surface area (Å²) < 4.78 is 16.4. The van der Waals surface area contributed by atoms with Gasteiger partial charge in [-0.2, -0.15) is 0 Å². The molecule has 2 aliphatic carbocycles. The van der Waals surface area contributed by atoms with Crippen molar-refractivity contribution >= 4 is 22.8 Å². The lowest BCUT2D eigenvalue weighted by molar-refractivity contribution is -0.146. The van der Waals surface area contributed by atoms with Gasteiger partial charge >= 0.3 is 0 Å². The molecule has 6 unspecified atom stereocenters. The molecule has 0 bridgehead atoms. The number of hydrogen-bond donors (Lipinski definition) is 2. The van der Waals surface area contributed by atoms with Crippen LogP contribution in [0.25, 0.3) is 0 Å². The molecule has 6 nitrogen and oxygen atoms in total. The van der Waals surface area contributed by atoms with Crippen LogP contribution < -0.4 is 10.0 Å². The number of rotatable bonds is 6. The molecule has 2 amide bonds. The molecule has 200 valence electrons. The number of nitrogens with one attached hydrogen (secondary N) is 2. The molecule has 0 aromatic heterocycles. The van der Waals surface area contributed by atoms with Gasteiger partial charge in [0.2, 0.25) is 11.8 Å². The van der Waals surface area contributed by atoms with E-state index in [2.05, 4.69) is 47.3 Å². The van der Waals surface area contributed by atoms with Crippen molar-refractivity contribution in [2.45, 2.75) is 64.0 Å². The molecule has 7 heteroatoms. The number of hydrogen-bond acceptors (Lipinski definition) is 3. The normalized spacial score (nSPS) is 28.5. The molecule has 38 heavy (non-hydrogen) atoms. The van der Waals surface area contributed by atoms with E-state index >= 15 is 0 Å². The van der Waals surface area contributed by atoms with Crippen LogP contribution in [0.5, 0.6) is 0 Å². The molecular formula is C31H37N3O3S. The number of benzene rings is 2. The summed E-state index contributed by atoms with van der Waals surface area (Å²) >= 11 is 0. The third-order valence-electron chi connectivity index (χ3n) is 8.20. The Morgan fingerprint density at radius 2 is 1.66 bits per heavy atom. The maximum absolute atomic E-state index is 13.6. The minimum atomic E-state index is -1.27. The monoisotopic (exact) mass is 531 g/mol. The van der Waals surface area contributed by atoms with Crippen LogP contribution in [-0.4, -0.2) is 33.5 Å². The van der Waals surface area contributed by atoms with E-state index in [0.29, 0.717) is 31.1 Å². The van der Waals surface area contributed by atoms with Crippen LogP contribution in [0, 0.1) is 11.8 Å². The lowest BCUT2D eigenvalue weighted by atomic mass is 9.80. The summed E-state index contributed by atoms with van der Waals surface area (Å²) in [6.45, 7) is 4.27. The van der Waals surface area contributed by atoms with Gasteiger partial charge in [0, 0.05) is 16.5 Å². The molecule has 6 atom stereocenters. The zero-order valence-corrected chi connectivity index (χ0v) is 23.0. The topological polar surface area (TPSA) is 78.5 Å². The Bertz CT molecular complexity index is 1240. The summed E-state index contributed by atoms with van der Waals surface area (Å²) in [6.07, 6.45) is 7.80. The number of allylic oxidation sites excluding steroid dienone is 4. The van der Waals surface area contributed by atoms with Gasteiger partial charge in [-0.1, -0.05) is 79.7 Å². The van der Waals surface area contributed by atoms with Crippen LogP contribution >= 0.6 is 0 Å². The number of nitrogens with zero attached hydrogens (tertiary/aromatic N) is 1. The van der Waals surface area contributed by atoms with Crippen molar-refractivity contribution in [2.24, 2.45) is 11.8 Å². The van der Waals surface area contributed by atoms with Crippen molar-refractivity contribution in [2.75, 3.05) is 6.54 Å². The van der Waals surface area contributed by atoms with Crippen LogP contribution in [-0.2, 0) is 20.6 Å². The third-order valence-corrected chi connectivity index (χ3v) is 9.45. The fraction of sp³-hybridized carbons (Fsp3) is 0.419. The fourth-order valence-electron chi connectivity index (χ4n) is 6.16. The van der Waals surface area contributed by atoms with Gasteiger partial charge in [0.05, 0.1) is 12.1 Å². The molecule has 2 aromatic carbocycles. The minimum absolute atomic E-state index is 0.0211. The van der Waals surface area contributed by atoms with Crippen LogP contribution in [0.3, 0.4) is 0 Å². The highest BCUT2D eigenvalue weighted by atomic mass is 32.2. The maximum atomic E-state index is 13.6. The molecular weight excluding hydrogens is 494 g/mol.